The number of amides is 1. The molecule has 0 radical (unpaired) electrons. The fourth-order valence-corrected chi connectivity index (χ4v) is 4.57. The van der Waals surface area contributed by atoms with Crippen molar-refractivity contribution in [3.8, 4) is 16.9 Å². The predicted octanol–water partition coefficient (Wildman–Crippen LogP) is 4.62. The van der Waals surface area contributed by atoms with E-state index in [1.165, 1.54) is 31.4 Å². The highest BCUT2D eigenvalue weighted by Crippen LogP contribution is 2.30. The van der Waals surface area contributed by atoms with Gasteiger partial charge in [-0.3, -0.25) is 4.79 Å². The molecule has 0 spiro atoms. The van der Waals surface area contributed by atoms with E-state index in [1.807, 2.05) is 30.5 Å². The fraction of sp³-hybridized carbons (Fsp3) is 0.107. The summed E-state index contributed by atoms with van der Waals surface area (Å²) in [7, 11) is -1.92. The number of fused-ring (bicyclic) bond motifs is 1. The highest BCUT2D eigenvalue weighted by atomic mass is 32.2. The van der Waals surface area contributed by atoms with Gasteiger partial charge in [-0.2, -0.15) is 4.98 Å². The zero-order valence-corrected chi connectivity index (χ0v) is 21.9. The van der Waals surface area contributed by atoms with Gasteiger partial charge in [-0.05, 0) is 59.7 Å². The third-order valence-electron chi connectivity index (χ3n) is 6.03. The molecule has 0 aliphatic carbocycles. The smallest absolute Gasteiger partial charge is 0.251 e. The summed E-state index contributed by atoms with van der Waals surface area (Å²) in [5.74, 6) is 0.108. The SMILES string of the molecule is COc1cc(S(C)(=O)=O)ccc1Nc1nc2ccc(-c3ccc(C(=O)NCc4ccc(F)cc4)cc3)cn2n1. The number of hydrogen-bond donors (Lipinski definition) is 2. The number of aromatic nitrogens is 3. The van der Waals surface area contributed by atoms with Crippen molar-refractivity contribution in [1.82, 2.24) is 19.9 Å². The summed E-state index contributed by atoms with van der Waals surface area (Å²) in [4.78, 5) is 17.1. The highest BCUT2D eigenvalue weighted by Gasteiger charge is 2.14. The topological polar surface area (TPSA) is 115 Å². The van der Waals surface area contributed by atoms with Gasteiger partial charge in [0.1, 0.15) is 11.6 Å². The molecule has 11 heteroatoms. The zero-order chi connectivity index (χ0) is 27.6. The molecule has 0 saturated carbocycles. The minimum atomic E-state index is -3.38. The molecule has 9 nitrogen and oxygen atoms in total. The molecule has 2 aromatic heterocycles. The van der Waals surface area contributed by atoms with E-state index in [9.17, 15) is 17.6 Å². The van der Waals surface area contributed by atoms with Crippen LogP contribution in [0.25, 0.3) is 16.8 Å². The number of anilines is 2. The van der Waals surface area contributed by atoms with Crippen molar-refractivity contribution < 1.29 is 22.3 Å². The Bertz CT molecular complexity index is 1770. The van der Waals surface area contributed by atoms with Crippen LogP contribution in [0.3, 0.4) is 0 Å². The summed E-state index contributed by atoms with van der Waals surface area (Å²) in [6.45, 7) is 0.300. The lowest BCUT2D eigenvalue weighted by molar-refractivity contribution is 0.0951. The number of sulfone groups is 1. The standard InChI is InChI=1S/C28H24FN5O4S/c1-38-25-15-23(39(2,36)37)12-13-24(25)31-28-32-26-14-9-21(17-34(26)33-28)19-5-7-20(8-6-19)27(35)30-16-18-3-10-22(29)11-4-18/h3-15,17H,16H2,1-2H3,(H,30,35)(H,31,33). The molecule has 5 rings (SSSR count). The lowest BCUT2D eigenvalue weighted by atomic mass is 10.1. The fourth-order valence-electron chi connectivity index (χ4n) is 3.93. The van der Waals surface area contributed by atoms with Crippen molar-refractivity contribution in [1.29, 1.82) is 0 Å². The van der Waals surface area contributed by atoms with Crippen LogP contribution in [0.15, 0.2) is 90.0 Å². The molecule has 0 unspecified atom stereocenters. The van der Waals surface area contributed by atoms with Crippen LogP contribution < -0.4 is 15.4 Å². The van der Waals surface area contributed by atoms with Gasteiger partial charge in [0.25, 0.3) is 5.91 Å². The number of pyridine rings is 1. The van der Waals surface area contributed by atoms with Crippen molar-refractivity contribution in [2.24, 2.45) is 0 Å². The Labute approximate surface area is 224 Å². The zero-order valence-electron chi connectivity index (χ0n) is 21.1. The van der Waals surface area contributed by atoms with E-state index in [1.54, 1.807) is 34.8 Å². The summed E-state index contributed by atoms with van der Waals surface area (Å²) in [5.41, 5.74) is 4.19. The van der Waals surface area contributed by atoms with Crippen LogP contribution in [-0.2, 0) is 16.4 Å². The maximum Gasteiger partial charge on any atom is 0.251 e. The number of halogens is 1. The number of ether oxygens (including phenoxy) is 1. The second-order valence-corrected chi connectivity index (χ2v) is 10.8. The summed E-state index contributed by atoms with van der Waals surface area (Å²) in [6, 6.07) is 21.4. The number of carbonyl (C=O) groups is 1. The molecule has 0 saturated heterocycles. The Kier molecular flexibility index (Phi) is 6.99. The van der Waals surface area contributed by atoms with Crippen LogP contribution in [0.4, 0.5) is 16.0 Å². The molecule has 39 heavy (non-hydrogen) atoms. The number of benzene rings is 3. The molecule has 2 heterocycles. The van der Waals surface area contributed by atoms with Gasteiger partial charge >= 0.3 is 0 Å². The lowest BCUT2D eigenvalue weighted by Gasteiger charge is -2.10. The Hall–Kier alpha value is -4.77. The van der Waals surface area contributed by atoms with Crippen LogP contribution in [-0.4, -0.2) is 42.3 Å². The molecule has 2 N–H and O–H groups in total. The molecule has 198 valence electrons. The number of hydrogen-bond acceptors (Lipinski definition) is 7. The average Bonchev–Trinajstić information content (AvgIpc) is 3.34. The van der Waals surface area contributed by atoms with Crippen LogP contribution in [0.2, 0.25) is 0 Å². The first-order valence-electron chi connectivity index (χ1n) is 11.8. The Morgan fingerprint density at radius 2 is 1.69 bits per heavy atom. The molecule has 3 aromatic carbocycles. The van der Waals surface area contributed by atoms with Crippen LogP contribution in [0.1, 0.15) is 15.9 Å². The van der Waals surface area contributed by atoms with Gasteiger partial charge in [0, 0.05) is 36.2 Å². The molecule has 0 aliphatic heterocycles. The molecule has 0 aliphatic rings. The van der Waals surface area contributed by atoms with Gasteiger partial charge in [-0.1, -0.05) is 24.3 Å². The molecule has 1 amide bonds. The van der Waals surface area contributed by atoms with E-state index in [4.69, 9.17) is 4.74 Å². The maximum atomic E-state index is 13.1. The Morgan fingerprint density at radius 1 is 0.974 bits per heavy atom. The largest absolute Gasteiger partial charge is 0.495 e. The third kappa shape index (κ3) is 5.88. The van der Waals surface area contributed by atoms with E-state index in [-0.39, 0.29) is 16.6 Å². The maximum absolute atomic E-state index is 13.1. The van der Waals surface area contributed by atoms with Crippen molar-refractivity contribution in [3.05, 3.63) is 102 Å². The minimum Gasteiger partial charge on any atom is -0.495 e. The van der Waals surface area contributed by atoms with Gasteiger partial charge < -0.3 is 15.4 Å². The summed E-state index contributed by atoms with van der Waals surface area (Å²) < 4.78 is 43.7. The van der Waals surface area contributed by atoms with Gasteiger partial charge in [-0.25, -0.2) is 17.3 Å². The molecule has 0 fully saturated rings. The number of nitrogens with zero attached hydrogens (tertiary/aromatic N) is 3. The summed E-state index contributed by atoms with van der Waals surface area (Å²) in [5, 5.41) is 10.4. The van der Waals surface area contributed by atoms with E-state index >= 15 is 0 Å². The molecular weight excluding hydrogens is 521 g/mol. The quantitative estimate of drug-likeness (QED) is 0.292. The van der Waals surface area contributed by atoms with E-state index in [2.05, 4.69) is 20.7 Å². The molecular formula is C28H24FN5O4S. The second-order valence-electron chi connectivity index (χ2n) is 8.80. The summed E-state index contributed by atoms with van der Waals surface area (Å²) in [6.07, 6.45) is 2.95. The second kappa shape index (κ2) is 10.5. The molecule has 0 bridgehead atoms. The Balaban J connectivity index is 1.30. The van der Waals surface area contributed by atoms with E-state index in [0.717, 1.165) is 22.9 Å². The summed E-state index contributed by atoms with van der Waals surface area (Å²) >= 11 is 0. The monoisotopic (exact) mass is 545 g/mol. The average molecular weight is 546 g/mol. The van der Waals surface area contributed by atoms with Crippen LogP contribution in [0, 0.1) is 5.82 Å². The van der Waals surface area contributed by atoms with Crippen molar-refractivity contribution >= 4 is 33.0 Å². The first-order chi connectivity index (χ1) is 18.7. The minimum absolute atomic E-state index is 0.147. The van der Waals surface area contributed by atoms with Crippen LogP contribution in [0.5, 0.6) is 5.75 Å². The van der Waals surface area contributed by atoms with Crippen LogP contribution >= 0.6 is 0 Å². The van der Waals surface area contributed by atoms with Crippen molar-refractivity contribution in [3.63, 3.8) is 0 Å². The lowest BCUT2D eigenvalue weighted by Crippen LogP contribution is -2.22. The van der Waals surface area contributed by atoms with Gasteiger partial charge in [0.15, 0.2) is 15.5 Å². The first-order valence-corrected chi connectivity index (χ1v) is 13.7. The number of methoxy groups -OCH3 is 1. The first kappa shape index (κ1) is 25.9. The van der Waals surface area contributed by atoms with Gasteiger partial charge in [0.05, 0.1) is 17.7 Å². The number of rotatable bonds is 8. The highest BCUT2D eigenvalue weighted by molar-refractivity contribution is 7.90. The molecule has 5 aromatic rings. The van der Waals surface area contributed by atoms with Gasteiger partial charge in [0.2, 0.25) is 5.95 Å². The third-order valence-corrected chi connectivity index (χ3v) is 7.14. The van der Waals surface area contributed by atoms with Gasteiger partial charge in [-0.15, -0.1) is 5.10 Å². The van der Waals surface area contributed by atoms with Crippen molar-refractivity contribution in [2.45, 2.75) is 11.4 Å². The predicted molar refractivity (Wildman–Crippen MR) is 145 cm³/mol. The molecule has 0 atom stereocenters. The van der Waals surface area contributed by atoms with E-state index < -0.39 is 9.84 Å². The number of nitrogens with one attached hydrogen (secondary N) is 2. The van der Waals surface area contributed by atoms with E-state index in [0.29, 0.717) is 35.1 Å². The normalized spacial score (nSPS) is 11.4. The van der Waals surface area contributed by atoms with Crippen molar-refractivity contribution in [2.75, 3.05) is 18.7 Å². The Morgan fingerprint density at radius 3 is 2.38 bits per heavy atom. The number of carbonyl (C=O) groups excluding carboxylic acids is 1.